The van der Waals surface area contributed by atoms with Crippen LogP contribution in [0.1, 0.15) is 33.6 Å². The molecule has 0 radical (unpaired) electrons. The third-order valence-corrected chi connectivity index (χ3v) is 3.16. The predicted octanol–water partition coefficient (Wildman–Crippen LogP) is 1.63. The lowest BCUT2D eigenvalue weighted by Gasteiger charge is -2.24. The Kier molecular flexibility index (Phi) is 8.90. The Bertz CT molecular complexity index is 157. The van der Waals surface area contributed by atoms with E-state index in [4.69, 9.17) is 5.73 Å². The van der Waals surface area contributed by atoms with Crippen molar-refractivity contribution >= 4 is 0 Å². The first-order valence-electron chi connectivity index (χ1n) is 6.60. The summed E-state index contributed by atoms with van der Waals surface area (Å²) in [4.78, 5) is 4.75. The minimum atomic E-state index is 0.350. The molecule has 0 spiro atoms. The molecule has 0 bridgehead atoms. The summed E-state index contributed by atoms with van der Waals surface area (Å²) in [6.45, 7) is 11.3. The summed E-state index contributed by atoms with van der Waals surface area (Å²) < 4.78 is 0. The van der Waals surface area contributed by atoms with Crippen molar-refractivity contribution in [2.45, 2.75) is 39.7 Å². The van der Waals surface area contributed by atoms with Gasteiger partial charge < -0.3 is 15.5 Å². The molecule has 3 nitrogen and oxygen atoms in total. The van der Waals surface area contributed by atoms with Crippen LogP contribution >= 0.6 is 0 Å². The van der Waals surface area contributed by atoms with Crippen molar-refractivity contribution in [3.8, 4) is 0 Å². The van der Waals surface area contributed by atoms with Crippen molar-refractivity contribution < 1.29 is 0 Å². The zero-order chi connectivity index (χ0) is 12.6. The van der Waals surface area contributed by atoms with Gasteiger partial charge in [0.1, 0.15) is 0 Å². The first-order chi connectivity index (χ1) is 7.47. The lowest BCUT2D eigenvalue weighted by molar-refractivity contribution is 0.250. The molecule has 0 aliphatic rings. The van der Waals surface area contributed by atoms with Crippen molar-refractivity contribution in [1.29, 1.82) is 0 Å². The summed E-state index contributed by atoms with van der Waals surface area (Å²) >= 11 is 0. The van der Waals surface area contributed by atoms with E-state index in [9.17, 15) is 0 Å². The first-order valence-corrected chi connectivity index (χ1v) is 6.60. The second-order valence-electron chi connectivity index (χ2n) is 5.29. The van der Waals surface area contributed by atoms with E-state index in [0.29, 0.717) is 12.0 Å². The fourth-order valence-corrected chi connectivity index (χ4v) is 1.70. The van der Waals surface area contributed by atoms with Crippen LogP contribution in [-0.4, -0.2) is 56.1 Å². The predicted molar refractivity (Wildman–Crippen MR) is 72.7 cm³/mol. The van der Waals surface area contributed by atoms with Crippen molar-refractivity contribution in [3.63, 3.8) is 0 Å². The Hall–Kier alpha value is -0.120. The van der Waals surface area contributed by atoms with E-state index in [1.807, 2.05) is 0 Å². The first kappa shape index (κ1) is 15.9. The van der Waals surface area contributed by atoms with E-state index in [1.165, 1.54) is 19.5 Å². The smallest absolute Gasteiger partial charge is 0.00740 e. The highest BCUT2D eigenvalue weighted by molar-refractivity contribution is 4.68. The van der Waals surface area contributed by atoms with Gasteiger partial charge in [-0.3, -0.25) is 0 Å². The van der Waals surface area contributed by atoms with Crippen LogP contribution in [0.25, 0.3) is 0 Å². The van der Waals surface area contributed by atoms with E-state index in [0.717, 1.165) is 19.5 Å². The molecule has 0 fully saturated rings. The molecule has 0 aromatic heterocycles. The number of nitrogens with two attached hydrogens (primary N) is 1. The van der Waals surface area contributed by atoms with Crippen molar-refractivity contribution in [3.05, 3.63) is 0 Å². The van der Waals surface area contributed by atoms with Crippen LogP contribution in [0.2, 0.25) is 0 Å². The molecule has 98 valence electrons. The summed E-state index contributed by atoms with van der Waals surface area (Å²) in [5.74, 6) is 0.598. The zero-order valence-electron chi connectivity index (χ0n) is 11.9. The molecule has 0 rings (SSSR count). The molecule has 1 atom stereocenters. The van der Waals surface area contributed by atoms with E-state index < -0.39 is 0 Å². The normalized spacial score (nSPS) is 14.1. The second kappa shape index (κ2) is 8.97. The maximum absolute atomic E-state index is 6.06. The highest BCUT2D eigenvalue weighted by atomic mass is 15.1. The largest absolute Gasteiger partial charge is 0.327 e. The maximum Gasteiger partial charge on any atom is 0.00740 e. The maximum atomic E-state index is 6.06. The van der Waals surface area contributed by atoms with Gasteiger partial charge in [0.05, 0.1) is 0 Å². The molecule has 0 saturated heterocycles. The molecule has 1 unspecified atom stereocenters. The Labute approximate surface area is 102 Å². The number of hydrogen-bond donors (Lipinski definition) is 1. The van der Waals surface area contributed by atoms with Crippen LogP contribution < -0.4 is 5.73 Å². The number of rotatable bonds is 9. The Morgan fingerprint density at radius 1 is 1.06 bits per heavy atom. The van der Waals surface area contributed by atoms with Crippen molar-refractivity contribution in [2.24, 2.45) is 11.7 Å². The Morgan fingerprint density at radius 3 is 2.12 bits per heavy atom. The van der Waals surface area contributed by atoms with E-state index >= 15 is 0 Å². The average Bonchev–Trinajstić information content (AvgIpc) is 2.21. The number of hydrogen-bond acceptors (Lipinski definition) is 3. The monoisotopic (exact) mass is 229 g/mol. The fourth-order valence-electron chi connectivity index (χ4n) is 1.70. The topological polar surface area (TPSA) is 32.5 Å². The molecule has 3 heteroatoms. The van der Waals surface area contributed by atoms with Gasteiger partial charge in [-0.05, 0) is 59.0 Å². The van der Waals surface area contributed by atoms with Gasteiger partial charge in [-0.15, -0.1) is 0 Å². The quantitative estimate of drug-likeness (QED) is 0.652. The van der Waals surface area contributed by atoms with Gasteiger partial charge in [0, 0.05) is 6.04 Å². The van der Waals surface area contributed by atoms with E-state index in [-0.39, 0.29) is 0 Å². The van der Waals surface area contributed by atoms with Gasteiger partial charge in [-0.1, -0.05) is 20.8 Å². The van der Waals surface area contributed by atoms with Gasteiger partial charge in [-0.2, -0.15) is 0 Å². The lowest BCUT2D eigenvalue weighted by atomic mass is 10.0. The van der Waals surface area contributed by atoms with E-state index in [1.54, 1.807) is 0 Å². The van der Waals surface area contributed by atoms with Crippen LogP contribution in [0.15, 0.2) is 0 Å². The third-order valence-electron chi connectivity index (χ3n) is 3.16. The summed E-state index contributed by atoms with van der Waals surface area (Å²) in [5.41, 5.74) is 6.06. The van der Waals surface area contributed by atoms with E-state index in [2.05, 4.69) is 44.7 Å². The molecule has 0 saturated carbocycles. The SMILES string of the molecule is CCN(CCCN(C)C)CCC(N)C(C)C. The molecule has 16 heavy (non-hydrogen) atoms. The molecule has 0 aromatic carbocycles. The van der Waals surface area contributed by atoms with Crippen LogP contribution in [0.4, 0.5) is 0 Å². The summed E-state index contributed by atoms with van der Waals surface area (Å²) in [7, 11) is 4.26. The highest BCUT2D eigenvalue weighted by Gasteiger charge is 2.09. The fraction of sp³-hybridized carbons (Fsp3) is 1.00. The summed E-state index contributed by atoms with van der Waals surface area (Å²) in [6.07, 6.45) is 2.37. The Balaban J connectivity index is 3.66. The molecule has 0 aromatic rings. The van der Waals surface area contributed by atoms with Crippen molar-refractivity contribution in [1.82, 2.24) is 9.80 Å². The standard InChI is InChI=1S/C13H31N3/c1-6-16(10-7-9-15(4)5)11-8-13(14)12(2)3/h12-13H,6-11,14H2,1-5H3. The lowest BCUT2D eigenvalue weighted by Crippen LogP contribution is -2.34. The van der Waals surface area contributed by atoms with Gasteiger partial charge in [-0.25, -0.2) is 0 Å². The molecule has 2 N–H and O–H groups in total. The third kappa shape index (κ3) is 8.08. The summed E-state index contributed by atoms with van der Waals surface area (Å²) in [5, 5.41) is 0. The minimum absolute atomic E-state index is 0.350. The van der Waals surface area contributed by atoms with Crippen molar-refractivity contribution in [2.75, 3.05) is 40.3 Å². The molecule has 0 aliphatic carbocycles. The molecule has 0 heterocycles. The van der Waals surface area contributed by atoms with Gasteiger partial charge in [0.15, 0.2) is 0 Å². The highest BCUT2D eigenvalue weighted by Crippen LogP contribution is 2.04. The van der Waals surface area contributed by atoms with Gasteiger partial charge >= 0.3 is 0 Å². The van der Waals surface area contributed by atoms with Crippen LogP contribution in [0.3, 0.4) is 0 Å². The number of nitrogens with zero attached hydrogens (tertiary/aromatic N) is 2. The molecule has 0 aliphatic heterocycles. The minimum Gasteiger partial charge on any atom is -0.327 e. The molecular formula is C13H31N3. The van der Waals surface area contributed by atoms with Crippen LogP contribution in [-0.2, 0) is 0 Å². The van der Waals surface area contributed by atoms with Crippen LogP contribution in [0.5, 0.6) is 0 Å². The average molecular weight is 229 g/mol. The van der Waals surface area contributed by atoms with Gasteiger partial charge in [0.2, 0.25) is 0 Å². The van der Waals surface area contributed by atoms with Crippen LogP contribution in [0, 0.1) is 5.92 Å². The summed E-state index contributed by atoms with van der Waals surface area (Å²) in [6, 6.07) is 0.350. The molecule has 0 amide bonds. The second-order valence-corrected chi connectivity index (χ2v) is 5.29. The Morgan fingerprint density at radius 2 is 1.69 bits per heavy atom. The zero-order valence-corrected chi connectivity index (χ0v) is 11.9. The molecular weight excluding hydrogens is 198 g/mol. The van der Waals surface area contributed by atoms with Gasteiger partial charge in [0.25, 0.3) is 0 Å².